The minimum Gasteiger partial charge on any atom is -0.467 e. The van der Waals surface area contributed by atoms with Gasteiger partial charge in [-0.2, -0.15) is 0 Å². The fourth-order valence-corrected chi connectivity index (χ4v) is 0.820. The van der Waals surface area contributed by atoms with Gasteiger partial charge < -0.3 is 14.8 Å². The van der Waals surface area contributed by atoms with Crippen molar-refractivity contribution in [1.82, 2.24) is 5.32 Å². The Morgan fingerprint density at radius 1 is 1.50 bits per heavy atom. The molecule has 1 N–H and O–H groups in total. The summed E-state index contributed by atoms with van der Waals surface area (Å²) in [5.74, 6) is 1.31. The van der Waals surface area contributed by atoms with Gasteiger partial charge in [-0.1, -0.05) is 0 Å². The number of hydrogen-bond donors (Lipinski definition) is 1. The second-order valence-electron chi connectivity index (χ2n) is 2.48. The Morgan fingerprint density at radius 2 is 2.14 bits per heavy atom. The summed E-state index contributed by atoms with van der Waals surface area (Å²) in [5, 5.41) is 2.39. The van der Waals surface area contributed by atoms with E-state index >= 15 is 0 Å². The number of rotatable bonds is 5. The van der Waals surface area contributed by atoms with Crippen molar-refractivity contribution in [1.29, 1.82) is 0 Å². The van der Waals surface area contributed by atoms with Crippen molar-refractivity contribution in [3.05, 3.63) is 0 Å². The number of hydrogen-bond acceptors (Lipinski definition) is 4. The third kappa shape index (κ3) is 4.48. The molecule has 14 heavy (non-hydrogen) atoms. The predicted octanol–water partition coefficient (Wildman–Crippen LogP) is -0.686. The summed E-state index contributed by atoms with van der Waals surface area (Å²) >= 11 is 0. The Morgan fingerprint density at radius 3 is 2.57 bits per heavy atom. The van der Waals surface area contributed by atoms with Crippen LogP contribution in [0.1, 0.15) is 6.42 Å². The van der Waals surface area contributed by atoms with Crippen LogP contribution in [0.2, 0.25) is 0 Å². The molecule has 0 bridgehead atoms. The first kappa shape index (κ1) is 12.5. The van der Waals surface area contributed by atoms with Crippen molar-refractivity contribution in [2.75, 3.05) is 20.8 Å². The fraction of sp³-hybridized carbons (Fsp3) is 0.556. The van der Waals surface area contributed by atoms with Crippen LogP contribution < -0.4 is 5.32 Å². The van der Waals surface area contributed by atoms with E-state index in [0.717, 1.165) is 0 Å². The summed E-state index contributed by atoms with van der Waals surface area (Å²) < 4.78 is 9.03. The van der Waals surface area contributed by atoms with Crippen molar-refractivity contribution in [2.24, 2.45) is 0 Å². The topological polar surface area (TPSA) is 64.6 Å². The van der Waals surface area contributed by atoms with Crippen LogP contribution in [0.5, 0.6) is 0 Å². The zero-order valence-corrected chi connectivity index (χ0v) is 8.20. The Hall–Kier alpha value is -1.54. The van der Waals surface area contributed by atoms with Gasteiger partial charge in [-0.05, 0) is 0 Å². The average molecular weight is 199 g/mol. The molecule has 0 aliphatic carbocycles. The number of amides is 1. The van der Waals surface area contributed by atoms with Crippen LogP contribution in [0.4, 0.5) is 0 Å². The van der Waals surface area contributed by atoms with Crippen molar-refractivity contribution in [2.45, 2.75) is 12.5 Å². The maximum absolute atomic E-state index is 11.1. The lowest BCUT2D eigenvalue weighted by Gasteiger charge is -2.13. The molecule has 0 unspecified atom stereocenters. The molecule has 0 fully saturated rings. The van der Waals surface area contributed by atoms with E-state index in [9.17, 15) is 9.59 Å². The van der Waals surface area contributed by atoms with Gasteiger partial charge in [0.25, 0.3) is 0 Å². The molecule has 5 heteroatoms. The summed E-state index contributed by atoms with van der Waals surface area (Å²) in [5.41, 5.74) is 0. The second-order valence-corrected chi connectivity index (χ2v) is 2.48. The molecule has 0 saturated carbocycles. The molecule has 0 aromatic heterocycles. The van der Waals surface area contributed by atoms with Crippen LogP contribution in [0.15, 0.2) is 0 Å². The smallest absolute Gasteiger partial charge is 0.329 e. The molecule has 78 valence electrons. The van der Waals surface area contributed by atoms with Crippen molar-refractivity contribution >= 4 is 11.9 Å². The SMILES string of the molecule is C#CC[C@@H](NC(=O)COC)C(=O)OC. The predicted molar refractivity (Wildman–Crippen MR) is 49.3 cm³/mol. The molecule has 0 heterocycles. The molecule has 0 aliphatic rings. The molecule has 0 aromatic carbocycles. The molecular weight excluding hydrogens is 186 g/mol. The highest BCUT2D eigenvalue weighted by Crippen LogP contribution is 1.93. The van der Waals surface area contributed by atoms with Gasteiger partial charge in [-0.25, -0.2) is 4.79 Å². The second kappa shape index (κ2) is 6.92. The summed E-state index contributed by atoms with van der Waals surface area (Å²) in [7, 11) is 2.61. The Kier molecular flexibility index (Phi) is 6.16. The fourth-order valence-electron chi connectivity index (χ4n) is 0.820. The van der Waals surface area contributed by atoms with Gasteiger partial charge in [-0.15, -0.1) is 12.3 Å². The highest BCUT2D eigenvalue weighted by molar-refractivity contribution is 5.85. The number of methoxy groups -OCH3 is 2. The molecular formula is C9H13NO4. The van der Waals surface area contributed by atoms with Crippen LogP contribution in [0, 0.1) is 12.3 Å². The van der Waals surface area contributed by atoms with E-state index in [1.165, 1.54) is 14.2 Å². The lowest BCUT2D eigenvalue weighted by Crippen LogP contribution is -2.42. The van der Waals surface area contributed by atoms with Gasteiger partial charge in [0.2, 0.25) is 5.91 Å². The number of terminal acetylenes is 1. The molecule has 0 spiro atoms. The van der Waals surface area contributed by atoms with Crippen LogP contribution in [-0.2, 0) is 19.1 Å². The first-order valence-corrected chi connectivity index (χ1v) is 3.95. The molecule has 0 rings (SSSR count). The maximum Gasteiger partial charge on any atom is 0.329 e. The zero-order chi connectivity index (χ0) is 11.0. The number of carbonyl (C=O) groups excluding carboxylic acids is 2. The first-order chi connectivity index (χ1) is 6.65. The molecule has 1 atom stereocenters. The zero-order valence-electron chi connectivity index (χ0n) is 8.20. The molecule has 0 saturated heterocycles. The Bertz CT molecular complexity index is 244. The Balaban J connectivity index is 4.16. The number of nitrogens with one attached hydrogen (secondary N) is 1. The van der Waals surface area contributed by atoms with E-state index in [1.807, 2.05) is 0 Å². The van der Waals surface area contributed by atoms with Crippen molar-refractivity contribution in [3.8, 4) is 12.3 Å². The van der Waals surface area contributed by atoms with Crippen molar-refractivity contribution < 1.29 is 19.1 Å². The van der Waals surface area contributed by atoms with E-state index in [2.05, 4.69) is 20.7 Å². The summed E-state index contributed by atoms with van der Waals surface area (Å²) in [6.45, 7) is -0.113. The van der Waals surface area contributed by atoms with E-state index in [0.29, 0.717) is 0 Å². The lowest BCUT2D eigenvalue weighted by molar-refractivity contribution is -0.145. The molecule has 0 aliphatic heterocycles. The molecule has 0 radical (unpaired) electrons. The summed E-state index contributed by atoms with van der Waals surface area (Å²) in [6, 6.07) is -0.798. The summed E-state index contributed by atoms with van der Waals surface area (Å²) in [6.07, 6.45) is 5.13. The molecule has 5 nitrogen and oxygen atoms in total. The van der Waals surface area contributed by atoms with Gasteiger partial charge in [-0.3, -0.25) is 4.79 Å². The summed E-state index contributed by atoms with van der Waals surface area (Å²) in [4.78, 5) is 22.1. The van der Waals surface area contributed by atoms with Gasteiger partial charge in [0.15, 0.2) is 0 Å². The number of ether oxygens (including phenoxy) is 2. The largest absolute Gasteiger partial charge is 0.467 e. The average Bonchev–Trinajstić information content (AvgIpc) is 2.16. The normalized spacial score (nSPS) is 11.2. The third-order valence-corrected chi connectivity index (χ3v) is 1.42. The Labute approximate surface area is 82.8 Å². The van der Waals surface area contributed by atoms with Crippen LogP contribution in [-0.4, -0.2) is 38.7 Å². The third-order valence-electron chi connectivity index (χ3n) is 1.42. The molecule has 1 amide bonds. The highest BCUT2D eigenvalue weighted by atomic mass is 16.5. The van der Waals surface area contributed by atoms with Crippen molar-refractivity contribution in [3.63, 3.8) is 0 Å². The van der Waals surface area contributed by atoms with Gasteiger partial charge in [0.05, 0.1) is 7.11 Å². The van der Waals surface area contributed by atoms with Gasteiger partial charge in [0, 0.05) is 13.5 Å². The minimum absolute atomic E-state index is 0.0993. The highest BCUT2D eigenvalue weighted by Gasteiger charge is 2.19. The minimum atomic E-state index is -0.798. The van der Waals surface area contributed by atoms with Crippen LogP contribution in [0.25, 0.3) is 0 Å². The van der Waals surface area contributed by atoms with E-state index in [1.54, 1.807) is 0 Å². The number of carbonyl (C=O) groups is 2. The molecule has 0 aromatic rings. The van der Waals surface area contributed by atoms with Gasteiger partial charge in [0.1, 0.15) is 12.6 Å². The first-order valence-electron chi connectivity index (χ1n) is 3.95. The quantitative estimate of drug-likeness (QED) is 0.470. The van der Waals surface area contributed by atoms with Crippen LogP contribution >= 0.6 is 0 Å². The van der Waals surface area contributed by atoms with E-state index in [-0.39, 0.29) is 13.0 Å². The maximum atomic E-state index is 11.1. The van der Waals surface area contributed by atoms with E-state index in [4.69, 9.17) is 6.42 Å². The monoisotopic (exact) mass is 199 g/mol. The number of esters is 1. The standard InChI is InChI=1S/C9H13NO4/c1-4-5-7(9(12)14-3)10-8(11)6-13-2/h1,7H,5-6H2,2-3H3,(H,10,11)/t7-/m1/s1. The lowest BCUT2D eigenvalue weighted by atomic mass is 10.2. The van der Waals surface area contributed by atoms with Crippen LogP contribution in [0.3, 0.4) is 0 Å². The van der Waals surface area contributed by atoms with E-state index < -0.39 is 17.9 Å². The van der Waals surface area contributed by atoms with Gasteiger partial charge >= 0.3 is 5.97 Å².